The van der Waals surface area contributed by atoms with E-state index in [1.807, 2.05) is 51.8 Å². The molecule has 0 bridgehead atoms. The number of pyridine rings is 2. The number of hydrogen-bond acceptors (Lipinski definition) is 7. The van der Waals surface area contributed by atoms with E-state index in [0.29, 0.717) is 13.1 Å². The summed E-state index contributed by atoms with van der Waals surface area (Å²) in [6.45, 7) is 16.7. The molecule has 1 amide bonds. The molecule has 5 rings (SSSR count). The van der Waals surface area contributed by atoms with Crippen LogP contribution in [0.15, 0.2) is 30.1 Å². The van der Waals surface area contributed by atoms with Gasteiger partial charge in [0.2, 0.25) is 0 Å². The van der Waals surface area contributed by atoms with E-state index in [0.717, 1.165) is 55.1 Å². The number of amides is 1. The molecule has 0 unspecified atom stereocenters. The molecule has 1 saturated heterocycles. The Morgan fingerprint density at radius 2 is 1.71 bits per heavy atom. The van der Waals surface area contributed by atoms with Gasteiger partial charge in [-0.15, -0.1) is 0 Å². The van der Waals surface area contributed by atoms with Gasteiger partial charge >= 0.3 is 6.09 Å². The standard InChI is InChI=1S/C29H39N7O2/c1-19-14-26(34-10-12-35(13-11-34)28(37)38-29(4,5)6)30-16-23(19)22-8-9-36(18-20(22)2)25-15-21(3)32-27-24(25)17-31-33(27)7/h14-17H,8-13,18H2,1-7H3. The van der Waals surface area contributed by atoms with E-state index in [2.05, 4.69) is 45.9 Å². The van der Waals surface area contributed by atoms with Crippen LogP contribution in [0, 0.1) is 13.8 Å². The fourth-order valence-corrected chi connectivity index (χ4v) is 5.45. The van der Waals surface area contributed by atoms with Crippen molar-refractivity contribution in [2.75, 3.05) is 49.1 Å². The summed E-state index contributed by atoms with van der Waals surface area (Å²) in [4.78, 5) is 28.4. The first kappa shape index (κ1) is 26.0. The molecule has 1 fully saturated rings. The third-order valence-electron chi connectivity index (χ3n) is 7.40. The van der Waals surface area contributed by atoms with Gasteiger partial charge in [0.1, 0.15) is 11.4 Å². The first-order valence-electron chi connectivity index (χ1n) is 13.4. The number of carbonyl (C=O) groups is 1. The highest BCUT2D eigenvalue weighted by molar-refractivity contribution is 5.90. The second-order valence-electron chi connectivity index (χ2n) is 11.5. The molecule has 0 spiro atoms. The Hall–Kier alpha value is -3.62. The van der Waals surface area contributed by atoms with Gasteiger partial charge in [-0.1, -0.05) is 5.57 Å². The van der Waals surface area contributed by atoms with Gasteiger partial charge in [-0.05, 0) is 76.8 Å². The van der Waals surface area contributed by atoms with Crippen molar-refractivity contribution in [3.8, 4) is 0 Å². The topological polar surface area (TPSA) is 79.6 Å². The number of aryl methyl sites for hydroxylation is 3. The van der Waals surface area contributed by atoms with Gasteiger partial charge < -0.3 is 19.4 Å². The summed E-state index contributed by atoms with van der Waals surface area (Å²) in [5.74, 6) is 0.969. The number of ether oxygens (including phenoxy) is 1. The average Bonchev–Trinajstić information content (AvgIpc) is 3.23. The lowest BCUT2D eigenvalue weighted by Gasteiger charge is -2.36. The van der Waals surface area contributed by atoms with Crippen LogP contribution in [0.3, 0.4) is 0 Å². The van der Waals surface area contributed by atoms with E-state index in [1.165, 1.54) is 28.0 Å². The maximum Gasteiger partial charge on any atom is 0.410 e. The summed E-state index contributed by atoms with van der Waals surface area (Å²) in [7, 11) is 1.94. The van der Waals surface area contributed by atoms with Crippen LogP contribution in [0.5, 0.6) is 0 Å². The fourth-order valence-electron chi connectivity index (χ4n) is 5.45. The fraction of sp³-hybridized carbons (Fsp3) is 0.517. The number of anilines is 2. The highest BCUT2D eigenvalue weighted by atomic mass is 16.6. The Labute approximate surface area is 225 Å². The van der Waals surface area contributed by atoms with Crippen molar-refractivity contribution in [1.29, 1.82) is 0 Å². The van der Waals surface area contributed by atoms with Gasteiger partial charge in [-0.3, -0.25) is 4.68 Å². The Bertz CT molecular complexity index is 1390. The zero-order valence-electron chi connectivity index (χ0n) is 23.7. The van der Waals surface area contributed by atoms with Crippen molar-refractivity contribution < 1.29 is 9.53 Å². The Kier molecular flexibility index (Phi) is 6.79. The van der Waals surface area contributed by atoms with Crippen molar-refractivity contribution in [2.24, 2.45) is 7.05 Å². The Morgan fingerprint density at radius 3 is 2.37 bits per heavy atom. The second-order valence-corrected chi connectivity index (χ2v) is 11.5. The normalized spacial score (nSPS) is 17.0. The van der Waals surface area contributed by atoms with Gasteiger partial charge in [0.15, 0.2) is 5.65 Å². The zero-order valence-corrected chi connectivity index (χ0v) is 23.7. The maximum absolute atomic E-state index is 12.4. The van der Waals surface area contributed by atoms with Crippen LogP contribution >= 0.6 is 0 Å². The molecule has 0 N–H and O–H groups in total. The number of carbonyl (C=O) groups excluding carboxylic acids is 1. The van der Waals surface area contributed by atoms with Crippen LogP contribution in [0.1, 0.15) is 50.9 Å². The summed E-state index contributed by atoms with van der Waals surface area (Å²) in [6.07, 6.45) is 4.68. The molecule has 0 aliphatic carbocycles. The van der Waals surface area contributed by atoms with Gasteiger partial charge in [-0.2, -0.15) is 5.10 Å². The Morgan fingerprint density at radius 1 is 0.974 bits per heavy atom. The minimum absolute atomic E-state index is 0.239. The second kappa shape index (κ2) is 9.93. The van der Waals surface area contributed by atoms with Gasteiger partial charge in [0.25, 0.3) is 0 Å². The quantitative estimate of drug-likeness (QED) is 0.497. The molecule has 0 radical (unpaired) electrons. The molecular weight excluding hydrogens is 478 g/mol. The van der Waals surface area contributed by atoms with E-state index in [4.69, 9.17) is 9.72 Å². The number of hydrogen-bond donors (Lipinski definition) is 0. The molecule has 0 saturated carbocycles. The lowest BCUT2D eigenvalue weighted by Crippen LogP contribution is -2.50. The maximum atomic E-state index is 12.4. The van der Waals surface area contributed by atoms with Crippen molar-refractivity contribution >= 4 is 34.2 Å². The zero-order chi connectivity index (χ0) is 27.2. The van der Waals surface area contributed by atoms with Crippen LogP contribution in [-0.2, 0) is 11.8 Å². The number of nitrogens with zero attached hydrogens (tertiary/aromatic N) is 7. The van der Waals surface area contributed by atoms with Crippen LogP contribution in [0.4, 0.5) is 16.3 Å². The monoisotopic (exact) mass is 517 g/mol. The molecule has 38 heavy (non-hydrogen) atoms. The summed E-state index contributed by atoms with van der Waals surface area (Å²) in [5, 5.41) is 5.54. The van der Waals surface area contributed by atoms with E-state index in [9.17, 15) is 4.79 Å². The molecule has 5 heterocycles. The molecule has 0 atom stereocenters. The third kappa shape index (κ3) is 5.19. The highest BCUT2D eigenvalue weighted by Crippen LogP contribution is 2.35. The largest absolute Gasteiger partial charge is 0.444 e. The molecule has 2 aliphatic heterocycles. The minimum Gasteiger partial charge on any atom is -0.444 e. The molecular formula is C29H39N7O2. The lowest BCUT2D eigenvalue weighted by atomic mass is 9.92. The summed E-state index contributed by atoms with van der Waals surface area (Å²) >= 11 is 0. The molecule has 3 aromatic rings. The SMILES string of the molecule is CC1=C(c2cnc(N3CCN(C(=O)OC(C)(C)C)CC3)cc2C)CCN(c2cc(C)nc3c2cnn3C)C1. The minimum atomic E-state index is -0.478. The third-order valence-corrected chi connectivity index (χ3v) is 7.40. The van der Waals surface area contributed by atoms with Crippen LogP contribution in [0.25, 0.3) is 16.6 Å². The summed E-state index contributed by atoms with van der Waals surface area (Å²) < 4.78 is 7.38. The van der Waals surface area contributed by atoms with E-state index >= 15 is 0 Å². The van der Waals surface area contributed by atoms with Crippen LogP contribution in [0.2, 0.25) is 0 Å². The molecule has 2 aliphatic rings. The van der Waals surface area contributed by atoms with Crippen LogP contribution < -0.4 is 9.80 Å². The Balaban J connectivity index is 1.29. The number of fused-ring (bicyclic) bond motifs is 1. The predicted octanol–water partition coefficient (Wildman–Crippen LogP) is 4.72. The van der Waals surface area contributed by atoms with E-state index < -0.39 is 5.60 Å². The summed E-state index contributed by atoms with van der Waals surface area (Å²) in [6, 6.07) is 4.36. The molecule has 9 heteroatoms. The van der Waals surface area contributed by atoms with Crippen molar-refractivity contribution in [3.63, 3.8) is 0 Å². The van der Waals surface area contributed by atoms with Gasteiger partial charge in [0.05, 0.1) is 17.3 Å². The molecule has 202 valence electrons. The number of rotatable bonds is 3. The summed E-state index contributed by atoms with van der Waals surface area (Å²) in [5.41, 5.74) is 7.88. The van der Waals surface area contributed by atoms with Gasteiger partial charge in [-0.25, -0.2) is 14.8 Å². The highest BCUT2D eigenvalue weighted by Gasteiger charge is 2.27. The van der Waals surface area contributed by atoms with Crippen molar-refractivity contribution in [3.05, 3.63) is 46.9 Å². The first-order valence-corrected chi connectivity index (χ1v) is 13.4. The number of aromatic nitrogens is 4. The predicted molar refractivity (Wildman–Crippen MR) is 152 cm³/mol. The first-order chi connectivity index (χ1) is 18.0. The lowest BCUT2D eigenvalue weighted by molar-refractivity contribution is 0.0240. The number of piperazine rings is 1. The molecule has 0 aromatic carbocycles. The van der Waals surface area contributed by atoms with Crippen molar-refractivity contribution in [2.45, 2.75) is 53.6 Å². The average molecular weight is 518 g/mol. The van der Waals surface area contributed by atoms with Crippen molar-refractivity contribution in [1.82, 2.24) is 24.6 Å². The van der Waals surface area contributed by atoms with Crippen LogP contribution in [-0.4, -0.2) is 75.6 Å². The van der Waals surface area contributed by atoms with E-state index in [1.54, 1.807) is 4.90 Å². The molecule has 9 nitrogen and oxygen atoms in total. The smallest absolute Gasteiger partial charge is 0.410 e. The van der Waals surface area contributed by atoms with Gasteiger partial charge in [0, 0.05) is 58.2 Å². The molecule has 3 aromatic heterocycles. The van der Waals surface area contributed by atoms with E-state index in [-0.39, 0.29) is 6.09 Å².